The molecule has 1 heterocycles. The van der Waals surface area contributed by atoms with E-state index >= 15 is 8.78 Å². The highest BCUT2D eigenvalue weighted by Crippen LogP contribution is 2.39. The molecule has 6 nitrogen and oxygen atoms in total. The molecular weight excluding hydrogens is 616 g/mol. The van der Waals surface area contributed by atoms with E-state index in [0.717, 1.165) is 23.3 Å². The van der Waals surface area contributed by atoms with Gasteiger partial charge in [-0.3, -0.25) is 0 Å². The molecule has 3 aromatic rings. The van der Waals surface area contributed by atoms with Crippen LogP contribution in [-0.2, 0) is 10.7 Å². The first-order valence-corrected chi connectivity index (χ1v) is 16.8. The lowest BCUT2D eigenvalue weighted by atomic mass is 9.90. The summed E-state index contributed by atoms with van der Waals surface area (Å²) in [4.78, 5) is 14.7. The summed E-state index contributed by atoms with van der Waals surface area (Å²) in [5.74, 6) is -1.84. The Balaban J connectivity index is 0.000000501. The molecule has 1 atom stereocenters. The van der Waals surface area contributed by atoms with Crippen molar-refractivity contribution < 1.29 is 23.0 Å². The molecular formula is C35H44ClF2N3O3S. The molecule has 2 fully saturated rings. The van der Waals surface area contributed by atoms with Crippen molar-refractivity contribution in [2.45, 2.75) is 67.8 Å². The van der Waals surface area contributed by atoms with Crippen LogP contribution in [0.4, 0.5) is 8.78 Å². The number of aldehydes is 1. The number of hydrogen-bond acceptors (Lipinski definition) is 7. The van der Waals surface area contributed by atoms with E-state index in [1.165, 1.54) is 77.3 Å². The Labute approximate surface area is 275 Å². The monoisotopic (exact) mass is 659 g/mol. The minimum absolute atomic E-state index is 0.230. The number of rotatable bonds is 11. The molecule has 3 N–H and O–H groups in total. The smallest absolute Gasteiger partial charge is 0.295 e. The lowest BCUT2D eigenvalue weighted by Gasteiger charge is -2.25. The van der Waals surface area contributed by atoms with Gasteiger partial charge < -0.3 is 24.9 Å². The van der Waals surface area contributed by atoms with E-state index in [9.17, 15) is 4.79 Å². The maximum absolute atomic E-state index is 15.4. The average Bonchev–Trinajstić information content (AvgIpc) is 3.06. The van der Waals surface area contributed by atoms with Crippen LogP contribution in [0.5, 0.6) is 11.5 Å². The first kappa shape index (κ1) is 35.2. The van der Waals surface area contributed by atoms with E-state index < -0.39 is 12.0 Å². The summed E-state index contributed by atoms with van der Waals surface area (Å²) in [7, 11) is 3.57. The molecule has 0 radical (unpaired) electrons. The van der Waals surface area contributed by atoms with E-state index in [4.69, 9.17) is 26.8 Å². The van der Waals surface area contributed by atoms with Crippen LogP contribution in [0.15, 0.2) is 71.6 Å². The third-order valence-corrected chi connectivity index (χ3v) is 9.50. The maximum Gasteiger partial charge on any atom is 0.295 e. The van der Waals surface area contributed by atoms with E-state index in [1.54, 1.807) is 42.5 Å². The summed E-state index contributed by atoms with van der Waals surface area (Å²) in [6.07, 6.45) is 8.82. The fourth-order valence-corrected chi connectivity index (χ4v) is 6.33. The topological polar surface area (TPSA) is 76.8 Å². The number of alkyl halides is 2. The zero-order valence-electron chi connectivity index (χ0n) is 26.0. The van der Waals surface area contributed by atoms with Crippen LogP contribution in [0.3, 0.4) is 0 Å². The van der Waals surface area contributed by atoms with Crippen LogP contribution >= 0.6 is 23.5 Å². The quantitative estimate of drug-likeness (QED) is 0.160. The number of carbonyl (C=O) groups is 1. The molecule has 0 spiro atoms. The fourth-order valence-electron chi connectivity index (χ4n) is 5.47. The van der Waals surface area contributed by atoms with E-state index in [0.29, 0.717) is 34.0 Å². The molecule has 5 rings (SSSR count). The van der Waals surface area contributed by atoms with Crippen LogP contribution in [0.2, 0.25) is 5.02 Å². The van der Waals surface area contributed by atoms with Gasteiger partial charge in [-0.25, -0.2) is 4.72 Å². The molecule has 2 aliphatic rings. The molecule has 1 saturated carbocycles. The van der Waals surface area contributed by atoms with Gasteiger partial charge in [0.15, 0.2) is 0 Å². The summed E-state index contributed by atoms with van der Waals surface area (Å²) < 4.78 is 44.6. The van der Waals surface area contributed by atoms with Crippen molar-refractivity contribution in [1.82, 2.24) is 9.62 Å². The molecule has 3 aromatic carbocycles. The van der Waals surface area contributed by atoms with Gasteiger partial charge in [0, 0.05) is 27.1 Å². The number of benzene rings is 3. The lowest BCUT2D eigenvalue weighted by Crippen LogP contribution is -2.41. The zero-order chi connectivity index (χ0) is 32.2. The Morgan fingerprint density at radius 1 is 1.02 bits per heavy atom. The molecule has 0 aromatic heterocycles. The Kier molecular flexibility index (Phi) is 13.5. The first-order chi connectivity index (χ1) is 21.7. The SMILES string of the molecule is CN1CCC(N)CC1.COc1cc(C(F)(F)C(C=O)NSc2ccc(OCC3CCCCC3)cc2)ccc1-c1ccc(Cl)cc1. The number of halogens is 3. The molecule has 1 aliphatic carbocycles. The Hall–Kier alpha value is -2.69. The molecule has 10 heteroatoms. The lowest BCUT2D eigenvalue weighted by molar-refractivity contribution is -0.119. The Bertz CT molecular complexity index is 1320. The predicted octanol–water partition coefficient (Wildman–Crippen LogP) is 7.97. The van der Waals surface area contributed by atoms with Gasteiger partial charge >= 0.3 is 0 Å². The molecule has 45 heavy (non-hydrogen) atoms. The first-order valence-electron chi connectivity index (χ1n) is 15.6. The number of nitrogens with zero attached hydrogens (tertiary/aromatic N) is 1. The van der Waals surface area contributed by atoms with Crippen molar-refractivity contribution >= 4 is 29.8 Å². The maximum atomic E-state index is 15.4. The fraction of sp³-hybridized carbons (Fsp3) is 0.457. The number of carbonyl (C=O) groups excluding carboxylic acids is 1. The van der Waals surface area contributed by atoms with E-state index in [-0.39, 0.29) is 17.6 Å². The van der Waals surface area contributed by atoms with Crippen LogP contribution < -0.4 is 19.9 Å². The van der Waals surface area contributed by atoms with Crippen molar-refractivity contribution in [2.24, 2.45) is 11.7 Å². The second-order valence-electron chi connectivity index (χ2n) is 11.8. The summed E-state index contributed by atoms with van der Waals surface area (Å²) in [6, 6.07) is 17.1. The summed E-state index contributed by atoms with van der Waals surface area (Å²) in [5.41, 5.74) is 6.78. The number of piperidine rings is 1. The van der Waals surface area contributed by atoms with Crippen molar-refractivity contribution in [3.8, 4) is 22.6 Å². The highest BCUT2D eigenvalue weighted by molar-refractivity contribution is 7.97. The average molecular weight is 660 g/mol. The van der Waals surface area contributed by atoms with E-state index in [2.05, 4.69) is 16.7 Å². The minimum atomic E-state index is -3.47. The molecule has 244 valence electrons. The van der Waals surface area contributed by atoms with Gasteiger partial charge in [0.05, 0.1) is 13.7 Å². The molecule has 1 saturated heterocycles. The van der Waals surface area contributed by atoms with Gasteiger partial charge in [-0.15, -0.1) is 0 Å². The number of hydrogen-bond donors (Lipinski definition) is 2. The number of likely N-dealkylation sites (tertiary alicyclic amines) is 1. The number of nitrogens with one attached hydrogen (secondary N) is 1. The molecule has 0 bridgehead atoms. The van der Waals surface area contributed by atoms with Gasteiger partial charge in [-0.2, -0.15) is 8.78 Å². The van der Waals surface area contributed by atoms with Crippen LogP contribution in [0.25, 0.3) is 11.1 Å². The molecule has 1 unspecified atom stereocenters. The van der Waals surface area contributed by atoms with Gasteiger partial charge in [-0.1, -0.05) is 55.1 Å². The Morgan fingerprint density at radius 3 is 2.29 bits per heavy atom. The summed E-state index contributed by atoms with van der Waals surface area (Å²) in [5, 5.41) is 0.574. The second-order valence-corrected chi connectivity index (χ2v) is 13.2. The van der Waals surface area contributed by atoms with Crippen LogP contribution in [-0.4, -0.2) is 57.1 Å². The van der Waals surface area contributed by atoms with Gasteiger partial charge in [0.2, 0.25) is 0 Å². The molecule has 0 amide bonds. The Morgan fingerprint density at radius 2 is 1.69 bits per heavy atom. The van der Waals surface area contributed by atoms with Crippen LogP contribution in [0.1, 0.15) is 50.5 Å². The second kappa shape index (κ2) is 17.3. The zero-order valence-corrected chi connectivity index (χ0v) is 27.6. The largest absolute Gasteiger partial charge is 0.496 e. The third kappa shape index (κ3) is 10.4. The third-order valence-electron chi connectivity index (χ3n) is 8.37. The normalized spacial score (nSPS) is 17.2. The van der Waals surface area contributed by atoms with Gasteiger partial charge in [0.25, 0.3) is 5.92 Å². The predicted molar refractivity (Wildman–Crippen MR) is 179 cm³/mol. The summed E-state index contributed by atoms with van der Waals surface area (Å²) >= 11 is 6.94. The van der Waals surface area contributed by atoms with Gasteiger partial charge in [0.1, 0.15) is 23.8 Å². The molecule has 1 aliphatic heterocycles. The summed E-state index contributed by atoms with van der Waals surface area (Å²) in [6.45, 7) is 3.06. The van der Waals surface area contributed by atoms with Crippen molar-refractivity contribution in [3.05, 3.63) is 77.3 Å². The van der Waals surface area contributed by atoms with Crippen molar-refractivity contribution in [3.63, 3.8) is 0 Å². The minimum Gasteiger partial charge on any atom is -0.496 e. The van der Waals surface area contributed by atoms with Crippen molar-refractivity contribution in [1.29, 1.82) is 0 Å². The number of ether oxygens (including phenoxy) is 2. The number of nitrogens with two attached hydrogens (primary N) is 1. The highest BCUT2D eigenvalue weighted by atomic mass is 35.5. The highest BCUT2D eigenvalue weighted by Gasteiger charge is 2.42. The van der Waals surface area contributed by atoms with Gasteiger partial charge in [-0.05, 0) is 112 Å². The standard InChI is InChI=1S/C29H30ClF2NO3S.C6H14N2/c1-35-27-17-22(9-16-26(27)21-7-10-23(30)11-8-21)29(31,32)28(18-34)33-37-25-14-12-24(13-15-25)36-19-20-5-3-2-4-6-20;1-8-4-2-6(7)3-5-8/h7-18,20,28,33H,2-6,19H2,1H3;6H,2-5,7H2,1H3. The number of methoxy groups -OCH3 is 1. The van der Waals surface area contributed by atoms with E-state index in [1.807, 2.05) is 12.1 Å². The van der Waals surface area contributed by atoms with Crippen LogP contribution in [0, 0.1) is 5.92 Å². The van der Waals surface area contributed by atoms with Crippen molar-refractivity contribution in [2.75, 3.05) is 33.9 Å².